The third-order valence-corrected chi connectivity index (χ3v) is 4.59. The number of carbonyl (C=O) groups excluding carboxylic acids is 1. The molecule has 4 rings (SSSR count). The van der Waals surface area contributed by atoms with Crippen molar-refractivity contribution in [2.45, 2.75) is 13.0 Å². The van der Waals surface area contributed by atoms with Gasteiger partial charge in [0.2, 0.25) is 0 Å². The normalized spacial score (nSPS) is 13.4. The van der Waals surface area contributed by atoms with Crippen LogP contribution in [0.1, 0.15) is 11.1 Å². The summed E-state index contributed by atoms with van der Waals surface area (Å²) in [6.45, 7) is 1.41. The highest BCUT2D eigenvalue weighted by Crippen LogP contribution is 2.22. The summed E-state index contributed by atoms with van der Waals surface area (Å²) in [5.41, 5.74) is 5.52. The van der Waals surface area contributed by atoms with Gasteiger partial charge in [0.1, 0.15) is 0 Å². The molecule has 1 aliphatic rings. The molecule has 1 aromatic heterocycles. The predicted molar refractivity (Wildman–Crippen MR) is 98.2 cm³/mol. The van der Waals surface area contributed by atoms with Crippen LogP contribution in [-0.4, -0.2) is 27.3 Å². The van der Waals surface area contributed by atoms with Crippen LogP contribution in [0.25, 0.3) is 11.1 Å². The molecule has 2 amide bonds. The lowest BCUT2D eigenvalue weighted by Gasteiger charge is -2.29. The number of hydrogen-bond acceptors (Lipinski definition) is 2. The molecule has 0 bridgehead atoms. The van der Waals surface area contributed by atoms with Crippen LogP contribution in [0.3, 0.4) is 0 Å². The summed E-state index contributed by atoms with van der Waals surface area (Å²) in [5, 5.41) is 7.18. The maximum absolute atomic E-state index is 12.5. The van der Waals surface area contributed by atoms with Gasteiger partial charge in [-0.2, -0.15) is 5.10 Å². The molecule has 0 spiro atoms. The Bertz CT molecular complexity index is 898. The number of anilines is 1. The topological polar surface area (TPSA) is 50.2 Å². The second-order valence-electron chi connectivity index (χ2n) is 6.35. The molecule has 0 unspecified atom stereocenters. The van der Waals surface area contributed by atoms with Crippen molar-refractivity contribution < 1.29 is 4.79 Å². The third kappa shape index (κ3) is 3.26. The highest BCUT2D eigenvalue weighted by Gasteiger charge is 2.20. The van der Waals surface area contributed by atoms with E-state index in [1.807, 2.05) is 54.7 Å². The molecule has 126 valence electrons. The van der Waals surface area contributed by atoms with E-state index in [-0.39, 0.29) is 6.03 Å². The molecule has 25 heavy (non-hydrogen) atoms. The van der Waals surface area contributed by atoms with Crippen molar-refractivity contribution in [3.8, 4) is 11.1 Å². The average molecular weight is 332 g/mol. The van der Waals surface area contributed by atoms with Gasteiger partial charge >= 0.3 is 6.03 Å². The first-order chi connectivity index (χ1) is 12.2. The van der Waals surface area contributed by atoms with E-state index in [0.29, 0.717) is 6.54 Å². The van der Waals surface area contributed by atoms with Crippen molar-refractivity contribution in [1.82, 2.24) is 14.7 Å². The zero-order valence-corrected chi connectivity index (χ0v) is 14.1. The van der Waals surface area contributed by atoms with Crippen molar-refractivity contribution in [2.24, 2.45) is 7.05 Å². The number of carbonyl (C=O) groups is 1. The molecule has 0 saturated carbocycles. The molecule has 0 fully saturated rings. The number of nitrogens with one attached hydrogen (secondary N) is 1. The number of nitrogens with zero attached hydrogens (tertiary/aromatic N) is 3. The fourth-order valence-corrected chi connectivity index (χ4v) is 3.19. The van der Waals surface area contributed by atoms with Crippen LogP contribution >= 0.6 is 0 Å². The number of hydrogen-bond donors (Lipinski definition) is 1. The van der Waals surface area contributed by atoms with E-state index in [2.05, 4.69) is 28.6 Å². The maximum Gasteiger partial charge on any atom is 0.322 e. The van der Waals surface area contributed by atoms with E-state index in [4.69, 9.17) is 0 Å². The van der Waals surface area contributed by atoms with Crippen molar-refractivity contribution in [1.29, 1.82) is 0 Å². The Morgan fingerprint density at radius 1 is 1.04 bits per heavy atom. The van der Waals surface area contributed by atoms with Crippen molar-refractivity contribution in [2.75, 3.05) is 11.9 Å². The Kier molecular flexibility index (Phi) is 3.98. The number of rotatable bonds is 2. The minimum absolute atomic E-state index is 0.0522. The Balaban J connectivity index is 1.43. The van der Waals surface area contributed by atoms with Crippen LogP contribution in [0.15, 0.2) is 60.9 Å². The second kappa shape index (κ2) is 6.43. The van der Waals surface area contributed by atoms with E-state index in [1.54, 1.807) is 4.68 Å². The standard InChI is InChI=1S/C20H20N4O/c1-23-13-18(12-21-23)16-6-8-19(9-7-16)22-20(25)24-11-10-15-4-2-3-5-17(15)14-24/h2-9,12-13H,10-11,14H2,1H3,(H,22,25). The van der Waals surface area contributed by atoms with Crippen LogP contribution in [0.4, 0.5) is 10.5 Å². The fraction of sp³-hybridized carbons (Fsp3) is 0.200. The zero-order valence-electron chi connectivity index (χ0n) is 14.1. The summed E-state index contributed by atoms with van der Waals surface area (Å²) >= 11 is 0. The van der Waals surface area contributed by atoms with Crippen molar-refractivity contribution in [3.05, 3.63) is 72.1 Å². The highest BCUT2D eigenvalue weighted by atomic mass is 16.2. The lowest BCUT2D eigenvalue weighted by atomic mass is 10.0. The summed E-state index contributed by atoms with van der Waals surface area (Å²) in [7, 11) is 1.90. The van der Waals surface area contributed by atoms with Gasteiger partial charge in [0.15, 0.2) is 0 Å². The smallest absolute Gasteiger partial charge is 0.320 e. The number of amides is 2. The van der Waals surface area contributed by atoms with Crippen molar-refractivity contribution in [3.63, 3.8) is 0 Å². The van der Waals surface area contributed by atoms with Gasteiger partial charge in [-0.3, -0.25) is 4.68 Å². The molecule has 0 atom stereocenters. The summed E-state index contributed by atoms with van der Waals surface area (Å²) in [5.74, 6) is 0. The maximum atomic E-state index is 12.5. The minimum Gasteiger partial charge on any atom is -0.320 e. The summed E-state index contributed by atoms with van der Waals surface area (Å²) in [6, 6.07) is 16.1. The van der Waals surface area contributed by atoms with Gasteiger partial charge in [0, 0.05) is 37.6 Å². The molecule has 5 nitrogen and oxygen atoms in total. The number of aromatic nitrogens is 2. The van der Waals surface area contributed by atoms with Gasteiger partial charge in [0.05, 0.1) is 6.20 Å². The zero-order chi connectivity index (χ0) is 17.2. The molecule has 2 aromatic carbocycles. The summed E-state index contributed by atoms with van der Waals surface area (Å²) in [6.07, 6.45) is 4.71. The second-order valence-corrected chi connectivity index (χ2v) is 6.35. The van der Waals surface area contributed by atoms with E-state index in [1.165, 1.54) is 11.1 Å². The van der Waals surface area contributed by atoms with Crippen LogP contribution in [0.2, 0.25) is 0 Å². The third-order valence-electron chi connectivity index (χ3n) is 4.59. The summed E-state index contributed by atoms with van der Waals surface area (Å²) < 4.78 is 1.78. The van der Waals surface area contributed by atoms with Crippen LogP contribution in [-0.2, 0) is 20.0 Å². The molecular formula is C20H20N4O. The Morgan fingerprint density at radius 3 is 2.52 bits per heavy atom. The molecule has 0 saturated heterocycles. The lowest BCUT2D eigenvalue weighted by molar-refractivity contribution is 0.206. The molecule has 3 aromatic rings. The van der Waals surface area contributed by atoms with Gasteiger partial charge in [0.25, 0.3) is 0 Å². The van der Waals surface area contributed by atoms with Crippen molar-refractivity contribution >= 4 is 11.7 Å². The number of fused-ring (bicyclic) bond motifs is 1. The Hall–Kier alpha value is -3.08. The van der Waals surface area contributed by atoms with Gasteiger partial charge in [-0.15, -0.1) is 0 Å². The SMILES string of the molecule is Cn1cc(-c2ccc(NC(=O)N3CCc4ccccc4C3)cc2)cn1. The molecule has 0 radical (unpaired) electrons. The van der Waals surface area contributed by atoms with E-state index >= 15 is 0 Å². The monoisotopic (exact) mass is 332 g/mol. The summed E-state index contributed by atoms with van der Waals surface area (Å²) in [4.78, 5) is 14.4. The van der Waals surface area contributed by atoms with Crippen LogP contribution in [0, 0.1) is 0 Å². The predicted octanol–water partition coefficient (Wildman–Crippen LogP) is 3.68. The number of urea groups is 1. The van der Waals surface area contributed by atoms with E-state index in [9.17, 15) is 4.79 Å². The number of benzene rings is 2. The van der Waals surface area contributed by atoms with E-state index < -0.39 is 0 Å². The fourth-order valence-electron chi connectivity index (χ4n) is 3.19. The van der Waals surface area contributed by atoms with Crippen LogP contribution in [0.5, 0.6) is 0 Å². The Morgan fingerprint density at radius 2 is 1.80 bits per heavy atom. The lowest BCUT2D eigenvalue weighted by Crippen LogP contribution is -2.38. The molecule has 1 aliphatic heterocycles. The van der Waals surface area contributed by atoms with Gasteiger partial charge in [-0.05, 0) is 35.2 Å². The highest BCUT2D eigenvalue weighted by molar-refractivity contribution is 5.89. The molecule has 5 heteroatoms. The average Bonchev–Trinajstić information content (AvgIpc) is 3.08. The molecular weight excluding hydrogens is 312 g/mol. The van der Waals surface area contributed by atoms with Gasteiger partial charge in [-0.1, -0.05) is 36.4 Å². The molecule has 1 N–H and O–H groups in total. The quantitative estimate of drug-likeness (QED) is 0.778. The molecule has 0 aliphatic carbocycles. The first kappa shape index (κ1) is 15.4. The van der Waals surface area contributed by atoms with Gasteiger partial charge in [-0.25, -0.2) is 4.79 Å². The Labute approximate surface area is 146 Å². The van der Waals surface area contributed by atoms with E-state index in [0.717, 1.165) is 29.8 Å². The first-order valence-corrected chi connectivity index (χ1v) is 8.41. The minimum atomic E-state index is -0.0522. The van der Waals surface area contributed by atoms with Gasteiger partial charge < -0.3 is 10.2 Å². The number of aryl methyl sites for hydroxylation is 1. The largest absolute Gasteiger partial charge is 0.322 e. The first-order valence-electron chi connectivity index (χ1n) is 8.41. The van der Waals surface area contributed by atoms with Crippen LogP contribution < -0.4 is 5.32 Å². The molecule has 2 heterocycles.